The molecule has 9 heteroatoms. The molecule has 0 bridgehead atoms. The van der Waals surface area contributed by atoms with Gasteiger partial charge in [0, 0.05) is 24.8 Å². The molecule has 2 aromatic carbocycles. The quantitative estimate of drug-likeness (QED) is 0.700. The summed E-state index contributed by atoms with van der Waals surface area (Å²) in [4.78, 5) is 14.6. The molecule has 160 valence electrons. The number of halogens is 1. The van der Waals surface area contributed by atoms with E-state index in [1.54, 1.807) is 4.90 Å². The molecular weight excluding hydrogens is 428 g/mol. The van der Waals surface area contributed by atoms with Crippen LogP contribution in [-0.2, 0) is 26.0 Å². The Kier molecular flexibility index (Phi) is 6.02. The largest absolute Gasteiger partial charge is 0.482 e. The molecule has 1 unspecified atom stereocenters. The molecule has 4 rings (SSSR count). The van der Waals surface area contributed by atoms with E-state index in [4.69, 9.17) is 21.1 Å². The number of morpholine rings is 1. The molecule has 30 heavy (non-hydrogen) atoms. The number of para-hydroxylation sites is 1. The van der Waals surface area contributed by atoms with Crippen molar-refractivity contribution in [3.8, 4) is 5.75 Å². The number of sulfonamides is 1. The summed E-state index contributed by atoms with van der Waals surface area (Å²) in [6, 6.07) is 12.2. The highest BCUT2D eigenvalue weighted by Gasteiger charge is 2.31. The predicted molar refractivity (Wildman–Crippen MR) is 114 cm³/mol. The zero-order valence-electron chi connectivity index (χ0n) is 16.6. The third-order valence-electron chi connectivity index (χ3n) is 5.34. The first-order chi connectivity index (χ1) is 14.4. The zero-order valence-corrected chi connectivity index (χ0v) is 18.2. The first-order valence-corrected chi connectivity index (χ1v) is 11.6. The van der Waals surface area contributed by atoms with Crippen molar-refractivity contribution in [2.75, 3.05) is 37.8 Å². The minimum Gasteiger partial charge on any atom is -0.482 e. The fraction of sp³-hybridized carbons (Fsp3) is 0.381. The van der Waals surface area contributed by atoms with Gasteiger partial charge >= 0.3 is 0 Å². The van der Waals surface area contributed by atoms with Gasteiger partial charge in [0.25, 0.3) is 5.91 Å². The monoisotopic (exact) mass is 450 g/mol. The number of carbonyl (C=O) groups excluding carboxylic acids is 1. The summed E-state index contributed by atoms with van der Waals surface area (Å²) in [6.07, 6.45) is 0.802. The van der Waals surface area contributed by atoms with Crippen molar-refractivity contribution in [3.63, 3.8) is 0 Å². The summed E-state index contributed by atoms with van der Waals surface area (Å²) in [5, 5.41) is 0.145. The maximum Gasteiger partial charge on any atom is 0.265 e. The average molecular weight is 451 g/mol. The Morgan fingerprint density at radius 3 is 2.67 bits per heavy atom. The molecule has 0 spiro atoms. The minimum atomic E-state index is -3.65. The SMILES string of the molecule is CC1Cc2ccccc2N1C(=O)COc1ccc(S(=O)(=O)N2CCOCC2)cc1Cl. The lowest BCUT2D eigenvalue weighted by Crippen LogP contribution is -2.40. The smallest absolute Gasteiger partial charge is 0.265 e. The second kappa shape index (κ2) is 8.55. The van der Waals surface area contributed by atoms with Gasteiger partial charge in [0.15, 0.2) is 6.61 Å². The average Bonchev–Trinajstić information content (AvgIpc) is 3.09. The normalized spacial score (nSPS) is 19.5. The van der Waals surface area contributed by atoms with Crippen LogP contribution in [0.15, 0.2) is 47.4 Å². The maximum atomic E-state index is 12.8. The molecule has 2 aliphatic rings. The lowest BCUT2D eigenvalue weighted by atomic mass is 10.1. The number of hydrogen-bond donors (Lipinski definition) is 0. The van der Waals surface area contributed by atoms with Crippen LogP contribution in [0.3, 0.4) is 0 Å². The summed E-state index contributed by atoms with van der Waals surface area (Å²) in [5.74, 6) is 0.0969. The summed E-state index contributed by atoms with van der Waals surface area (Å²) >= 11 is 6.27. The molecule has 0 aliphatic carbocycles. The van der Waals surface area contributed by atoms with E-state index in [9.17, 15) is 13.2 Å². The van der Waals surface area contributed by atoms with E-state index in [0.717, 1.165) is 17.7 Å². The van der Waals surface area contributed by atoms with Gasteiger partial charge in [0.05, 0.1) is 23.1 Å². The summed E-state index contributed by atoms with van der Waals surface area (Å²) < 4.78 is 37.7. The molecule has 0 radical (unpaired) electrons. The molecule has 1 atom stereocenters. The highest BCUT2D eigenvalue weighted by molar-refractivity contribution is 7.89. The van der Waals surface area contributed by atoms with Crippen molar-refractivity contribution in [1.82, 2.24) is 4.31 Å². The number of nitrogens with zero attached hydrogens (tertiary/aromatic N) is 2. The molecule has 2 heterocycles. The van der Waals surface area contributed by atoms with E-state index >= 15 is 0 Å². The van der Waals surface area contributed by atoms with Crippen LogP contribution in [0.2, 0.25) is 5.02 Å². The van der Waals surface area contributed by atoms with Gasteiger partial charge in [-0.25, -0.2) is 8.42 Å². The van der Waals surface area contributed by atoms with Gasteiger partial charge in [-0.2, -0.15) is 4.31 Å². The number of rotatable bonds is 5. The molecule has 0 aromatic heterocycles. The summed E-state index contributed by atoms with van der Waals surface area (Å²) in [6.45, 7) is 3.16. The molecule has 2 aromatic rings. The third kappa shape index (κ3) is 4.05. The minimum absolute atomic E-state index is 0.0509. The van der Waals surface area contributed by atoms with Gasteiger partial charge in [0.2, 0.25) is 10.0 Å². The lowest BCUT2D eigenvalue weighted by Gasteiger charge is -2.26. The van der Waals surface area contributed by atoms with Gasteiger partial charge in [-0.05, 0) is 43.2 Å². The van der Waals surface area contributed by atoms with E-state index < -0.39 is 10.0 Å². The van der Waals surface area contributed by atoms with Gasteiger partial charge < -0.3 is 14.4 Å². The van der Waals surface area contributed by atoms with Crippen molar-refractivity contribution in [2.45, 2.75) is 24.3 Å². The molecular formula is C21H23ClN2O5S. The molecule has 2 aliphatic heterocycles. The first-order valence-electron chi connectivity index (χ1n) is 9.78. The van der Waals surface area contributed by atoms with Crippen LogP contribution >= 0.6 is 11.6 Å². The fourth-order valence-corrected chi connectivity index (χ4v) is 5.58. The van der Waals surface area contributed by atoms with E-state index in [1.807, 2.05) is 31.2 Å². The Morgan fingerprint density at radius 2 is 1.93 bits per heavy atom. The Bertz CT molecular complexity index is 1050. The van der Waals surface area contributed by atoms with Crippen LogP contribution in [0.1, 0.15) is 12.5 Å². The van der Waals surface area contributed by atoms with Gasteiger partial charge in [-0.3, -0.25) is 4.79 Å². The molecule has 1 saturated heterocycles. The van der Waals surface area contributed by atoms with Crippen LogP contribution in [0.25, 0.3) is 0 Å². The Labute approximate surface area is 181 Å². The third-order valence-corrected chi connectivity index (χ3v) is 7.53. The number of ether oxygens (including phenoxy) is 2. The van der Waals surface area contributed by atoms with E-state index in [0.29, 0.717) is 26.3 Å². The molecule has 0 N–H and O–H groups in total. The van der Waals surface area contributed by atoms with Crippen molar-refractivity contribution >= 4 is 33.2 Å². The van der Waals surface area contributed by atoms with E-state index in [2.05, 4.69) is 0 Å². The fourth-order valence-electron chi connectivity index (χ4n) is 3.85. The lowest BCUT2D eigenvalue weighted by molar-refractivity contribution is -0.120. The van der Waals surface area contributed by atoms with Crippen LogP contribution in [0.5, 0.6) is 5.75 Å². The number of anilines is 1. The van der Waals surface area contributed by atoms with Crippen LogP contribution in [0, 0.1) is 0 Å². The Morgan fingerprint density at radius 1 is 1.20 bits per heavy atom. The van der Waals surface area contributed by atoms with Gasteiger partial charge in [-0.1, -0.05) is 29.8 Å². The van der Waals surface area contributed by atoms with Crippen LogP contribution in [-0.4, -0.2) is 57.6 Å². The predicted octanol–water partition coefficient (Wildman–Crippen LogP) is 2.72. The second-order valence-corrected chi connectivity index (χ2v) is 9.69. The van der Waals surface area contributed by atoms with Crippen molar-refractivity contribution < 1.29 is 22.7 Å². The van der Waals surface area contributed by atoms with Crippen molar-refractivity contribution in [3.05, 3.63) is 53.1 Å². The molecule has 1 fully saturated rings. The van der Waals surface area contributed by atoms with Gasteiger partial charge in [0.1, 0.15) is 5.75 Å². The Hall–Kier alpha value is -2.13. The summed E-state index contributed by atoms with van der Waals surface area (Å²) in [7, 11) is -3.65. The first kappa shape index (κ1) is 21.1. The number of benzene rings is 2. The second-order valence-electron chi connectivity index (χ2n) is 7.34. The van der Waals surface area contributed by atoms with Crippen molar-refractivity contribution in [1.29, 1.82) is 0 Å². The molecule has 0 saturated carbocycles. The van der Waals surface area contributed by atoms with Crippen molar-refractivity contribution in [2.24, 2.45) is 0 Å². The molecule has 7 nitrogen and oxygen atoms in total. The van der Waals surface area contributed by atoms with Crippen LogP contribution in [0.4, 0.5) is 5.69 Å². The molecule has 1 amide bonds. The zero-order chi connectivity index (χ0) is 21.3. The number of fused-ring (bicyclic) bond motifs is 1. The Balaban J connectivity index is 1.45. The van der Waals surface area contributed by atoms with Crippen LogP contribution < -0.4 is 9.64 Å². The number of carbonyl (C=O) groups is 1. The maximum absolute atomic E-state index is 12.8. The number of amides is 1. The van der Waals surface area contributed by atoms with Gasteiger partial charge in [-0.15, -0.1) is 0 Å². The highest BCUT2D eigenvalue weighted by Crippen LogP contribution is 2.33. The number of hydrogen-bond acceptors (Lipinski definition) is 5. The summed E-state index contributed by atoms with van der Waals surface area (Å²) in [5.41, 5.74) is 2.03. The van der Waals surface area contributed by atoms with E-state index in [-0.39, 0.29) is 34.2 Å². The van der Waals surface area contributed by atoms with E-state index in [1.165, 1.54) is 22.5 Å². The topological polar surface area (TPSA) is 76.2 Å². The standard InChI is InChI=1S/C21H23ClN2O5S/c1-15-12-16-4-2-3-5-19(16)24(15)21(25)14-29-20-7-6-17(13-18(20)22)30(26,27)23-8-10-28-11-9-23/h2-7,13,15H,8-12,14H2,1H3. The highest BCUT2D eigenvalue weighted by atomic mass is 35.5.